The fourth-order valence-electron chi connectivity index (χ4n) is 1.63. The number of nitrogens with zero attached hydrogens (tertiary/aromatic N) is 1. The topological polar surface area (TPSA) is 63.4 Å². The van der Waals surface area contributed by atoms with E-state index in [0.717, 1.165) is 0 Å². The molecule has 1 aromatic rings. The lowest BCUT2D eigenvalue weighted by atomic mass is 10.2. The van der Waals surface area contributed by atoms with Crippen LogP contribution in [0.5, 0.6) is 0 Å². The Kier molecular flexibility index (Phi) is 5.82. The average Bonchev–Trinajstić information content (AvgIpc) is 2.44. The first kappa shape index (κ1) is 18.7. The Labute approximate surface area is 128 Å². The van der Waals surface area contributed by atoms with Crippen molar-refractivity contribution in [1.29, 1.82) is 0 Å². The van der Waals surface area contributed by atoms with E-state index in [1.165, 1.54) is 6.92 Å². The van der Waals surface area contributed by atoms with E-state index in [2.05, 4.69) is 12.2 Å². The molecule has 0 saturated heterocycles. The van der Waals surface area contributed by atoms with Gasteiger partial charge >= 0.3 is 0 Å². The molecule has 0 atom stereocenters. The van der Waals surface area contributed by atoms with Gasteiger partial charge in [0.1, 0.15) is 0 Å². The lowest BCUT2D eigenvalue weighted by molar-refractivity contribution is 0.371. The highest BCUT2D eigenvalue weighted by atomic mass is 32.2. The lowest BCUT2D eigenvalue weighted by Gasteiger charge is -2.20. The Morgan fingerprint density at radius 3 is 1.82 bits per heavy atom. The predicted molar refractivity (Wildman–Crippen MR) is 72.9 cm³/mol. The van der Waals surface area contributed by atoms with Crippen LogP contribution in [0.2, 0.25) is 0 Å². The van der Waals surface area contributed by atoms with E-state index in [-0.39, 0.29) is 11.5 Å². The summed E-state index contributed by atoms with van der Waals surface area (Å²) in [6, 6.07) is 0. The monoisotopic (exact) mass is 362 g/mol. The summed E-state index contributed by atoms with van der Waals surface area (Å²) in [6.45, 7) is 0.840. The number of hydrogen-bond donors (Lipinski definition) is 1. The summed E-state index contributed by atoms with van der Waals surface area (Å²) < 4.78 is 90.8. The van der Waals surface area contributed by atoms with Crippen LogP contribution >= 0.6 is 12.2 Å². The van der Waals surface area contributed by atoms with Crippen LogP contribution in [0.25, 0.3) is 0 Å². The summed E-state index contributed by atoms with van der Waals surface area (Å²) in [6.07, 6.45) is 0. The molecule has 0 radical (unpaired) electrons. The number of thiocarbonyl (C=S) groups is 1. The standard InChI is InChI=1S/C11H11F5N2O2S2/c1-2-18(3-6(17)21)22(19,20)4-5-7(12)9(14)11(16)10(15)8(5)13/h2-4H2,1H3,(H2,17,21). The molecule has 0 saturated carbocycles. The van der Waals surface area contributed by atoms with Crippen LogP contribution in [0.15, 0.2) is 0 Å². The minimum absolute atomic E-state index is 0.144. The van der Waals surface area contributed by atoms with Crippen LogP contribution in [-0.2, 0) is 15.8 Å². The second-order valence-corrected chi connectivity index (χ2v) is 6.69. The maximum Gasteiger partial charge on any atom is 0.218 e. The Morgan fingerprint density at radius 1 is 1.05 bits per heavy atom. The maximum atomic E-state index is 13.5. The molecule has 0 bridgehead atoms. The first-order valence-corrected chi connectivity index (χ1v) is 7.81. The number of benzene rings is 1. The molecule has 4 nitrogen and oxygen atoms in total. The summed E-state index contributed by atoms with van der Waals surface area (Å²) >= 11 is 4.54. The summed E-state index contributed by atoms with van der Waals surface area (Å²) in [7, 11) is -4.38. The highest BCUT2D eigenvalue weighted by molar-refractivity contribution is 7.88. The zero-order valence-electron chi connectivity index (χ0n) is 11.2. The van der Waals surface area contributed by atoms with Gasteiger partial charge in [0.05, 0.1) is 17.3 Å². The van der Waals surface area contributed by atoms with Crippen molar-refractivity contribution in [2.45, 2.75) is 12.7 Å². The van der Waals surface area contributed by atoms with Crippen LogP contribution in [0.3, 0.4) is 0 Å². The molecule has 0 aliphatic heterocycles. The van der Waals surface area contributed by atoms with Gasteiger partial charge in [-0.15, -0.1) is 0 Å². The van der Waals surface area contributed by atoms with Crippen molar-refractivity contribution in [3.8, 4) is 0 Å². The number of likely N-dealkylation sites (N-methyl/N-ethyl adjacent to an activating group) is 1. The minimum atomic E-state index is -4.38. The molecule has 0 unspecified atom stereocenters. The molecular weight excluding hydrogens is 351 g/mol. The number of rotatable bonds is 6. The van der Waals surface area contributed by atoms with Crippen LogP contribution in [0.1, 0.15) is 12.5 Å². The molecule has 0 spiro atoms. The van der Waals surface area contributed by atoms with Crippen molar-refractivity contribution in [1.82, 2.24) is 4.31 Å². The third-order valence-electron chi connectivity index (χ3n) is 2.71. The highest BCUT2D eigenvalue weighted by Gasteiger charge is 2.31. The van der Waals surface area contributed by atoms with Crippen molar-refractivity contribution in [3.63, 3.8) is 0 Å². The van der Waals surface area contributed by atoms with Gasteiger partial charge in [0.15, 0.2) is 23.3 Å². The number of nitrogens with two attached hydrogens (primary N) is 1. The van der Waals surface area contributed by atoms with Gasteiger partial charge in [-0.3, -0.25) is 0 Å². The van der Waals surface area contributed by atoms with Crippen molar-refractivity contribution < 1.29 is 30.4 Å². The first-order chi connectivity index (χ1) is 10.0. The molecule has 0 heterocycles. The fourth-order valence-corrected chi connectivity index (χ4v) is 3.40. The van der Waals surface area contributed by atoms with Crippen LogP contribution in [0.4, 0.5) is 22.0 Å². The Hall–Kier alpha value is -1.33. The smallest absolute Gasteiger partial charge is 0.218 e. The van der Waals surface area contributed by atoms with Gasteiger partial charge in [-0.1, -0.05) is 19.1 Å². The maximum absolute atomic E-state index is 13.5. The Morgan fingerprint density at radius 2 is 1.45 bits per heavy atom. The highest BCUT2D eigenvalue weighted by Crippen LogP contribution is 2.25. The van der Waals surface area contributed by atoms with E-state index in [4.69, 9.17) is 5.73 Å². The quantitative estimate of drug-likeness (QED) is 0.363. The first-order valence-electron chi connectivity index (χ1n) is 5.79. The van der Waals surface area contributed by atoms with E-state index >= 15 is 0 Å². The van der Waals surface area contributed by atoms with Gasteiger partial charge in [0.2, 0.25) is 15.8 Å². The Balaban J connectivity index is 3.32. The van der Waals surface area contributed by atoms with Gasteiger partial charge in [-0.2, -0.15) is 4.31 Å². The van der Waals surface area contributed by atoms with Crippen molar-refractivity contribution in [3.05, 3.63) is 34.6 Å². The van der Waals surface area contributed by atoms with Crippen LogP contribution < -0.4 is 5.73 Å². The number of hydrogen-bond acceptors (Lipinski definition) is 3. The van der Waals surface area contributed by atoms with Crippen molar-refractivity contribution in [2.24, 2.45) is 5.73 Å². The molecule has 1 aromatic carbocycles. The molecule has 0 aromatic heterocycles. The van der Waals surface area contributed by atoms with Gasteiger partial charge < -0.3 is 5.73 Å². The molecular formula is C11H11F5N2O2S2. The van der Waals surface area contributed by atoms with E-state index in [1.54, 1.807) is 0 Å². The molecule has 124 valence electrons. The third kappa shape index (κ3) is 3.70. The van der Waals surface area contributed by atoms with E-state index < -0.39 is 57.0 Å². The molecule has 0 fully saturated rings. The summed E-state index contributed by atoms with van der Waals surface area (Å²) in [5, 5.41) is 0. The van der Waals surface area contributed by atoms with E-state index in [0.29, 0.717) is 4.31 Å². The second kappa shape index (κ2) is 6.84. The van der Waals surface area contributed by atoms with Crippen molar-refractivity contribution in [2.75, 3.05) is 13.1 Å². The molecule has 1 rings (SSSR count). The van der Waals surface area contributed by atoms with Gasteiger partial charge in [0.25, 0.3) is 0 Å². The van der Waals surface area contributed by atoms with Crippen LogP contribution in [0, 0.1) is 29.1 Å². The summed E-state index contributed by atoms with van der Waals surface area (Å²) in [5.74, 6) is -12.6. The molecule has 11 heteroatoms. The lowest BCUT2D eigenvalue weighted by Crippen LogP contribution is -2.38. The summed E-state index contributed by atoms with van der Waals surface area (Å²) in [5.41, 5.74) is 3.76. The average molecular weight is 362 g/mol. The number of sulfonamides is 1. The molecule has 2 N–H and O–H groups in total. The van der Waals surface area contributed by atoms with Gasteiger partial charge in [-0.25, -0.2) is 30.4 Å². The molecule has 0 amide bonds. The minimum Gasteiger partial charge on any atom is -0.392 e. The second-order valence-electron chi connectivity index (χ2n) is 4.20. The fraction of sp³-hybridized carbons (Fsp3) is 0.364. The molecule has 0 aliphatic rings. The largest absolute Gasteiger partial charge is 0.392 e. The normalized spacial score (nSPS) is 12.0. The zero-order valence-corrected chi connectivity index (χ0v) is 12.8. The Bertz CT molecular complexity index is 680. The van der Waals surface area contributed by atoms with E-state index in [1.807, 2.05) is 0 Å². The van der Waals surface area contributed by atoms with Gasteiger partial charge in [-0.05, 0) is 0 Å². The molecule has 0 aliphatic carbocycles. The zero-order chi connectivity index (χ0) is 17.2. The summed E-state index contributed by atoms with van der Waals surface area (Å²) in [4.78, 5) is -0.206. The third-order valence-corrected chi connectivity index (χ3v) is 4.66. The van der Waals surface area contributed by atoms with E-state index in [9.17, 15) is 30.4 Å². The number of halogens is 5. The van der Waals surface area contributed by atoms with Crippen LogP contribution in [-0.4, -0.2) is 30.8 Å². The van der Waals surface area contributed by atoms with Crippen molar-refractivity contribution >= 4 is 27.2 Å². The SMILES string of the molecule is CCN(CC(N)=S)S(=O)(=O)Cc1c(F)c(F)c(F)c(F)c1F. The predicted octanol–water partition coefficient (Wildman–Crippen LogP) is 1.82. The van der Waals surface area contributed by atoms with Gasteiger partial charge in [0, 0.05) is 12.1 Å². The molecule has 22 heavy (non-hydrogen) atoms.